The molecule has 8 aliphatic heterocycles. The summed E-state index contributed by atoms with van der Waals surface area (Å²) in [5.41, 5.74) is 2.86. The highest BCUT2D eigenvalue weighted by Crippen LogP contribution is 2.61. The van der Waals surface area contributed by atoms with Gasteiger partial charge in [-0.15, -0.1) is 12.4 Å². The molecule has 8 aromatic rings. The second kappa shape index (κ2) is 37.0. The van der Waals surface area contributed by atoms with E-state index in [9.17, 15) is 78.3 Å². The number of phosphoric ester groups is 4. The van der Waals surface area contributed by atoms with E-state index in [1.807, 2.05) is 0 Å². The summed E-state index contributed by atoms with van der Waals surface area (Å²) in [5, 5.41) is 82.8. The molecule has 40 nitrogen and oxygen atoms in total. The van der Waals surface area contributed by atoms with Crippen LogP contribution in [0.5, 0.6) is 23.0 Å². The molecular formula is C71H79ClF4N8O32P4S4. The van der Waals surface area contributed by atoms with Crippen LogP contribution < -0.4 is 40.3 Å². The Hall–Kier alpha value is -7.39. The van der Waals surface area contributed by atoms with Crippen molar-refractivity contribution in [3.8, 4) is 23.0 Å². The van der Waals surface area contributed by atoms with Crippen LogP contribution in [0.15, 0.2) is 123 Å². The first kappa shape index (κ1) is 87.3. The fourth-order valence-electron chi connectivity index (χ4n) is 12.6. The van der Waals surface area contributed by atoms with Gasteiger partial charge < -0.3 is 77.9 Å². The van der Waals surface area contributed by atoms with Crippen LogP contribution in [0.2, 0.25) is 0 Å². The number of ether oxygens (including phenoxy) is 4. The van der Waals surface area contributed by atoms with Gasteiger partial charge in [-0.2, -0.15) is 0 Å². The smallest absolute Gasteiger partial charge is 0.403 e. The number of rotatable bonds is 16. The zero-order chi connectivity index (χ0) is 94.8. The monoisotopic (exact) mass is 1920 g/mol. The molecule has 674 valence electrons. The van der Waals surface area contributed by atoms with Gasteiger partial charge in [-0.05, 0) is 120 Å². The third-order valence-electron chi connectivity index (χ3n) is 19.3. The van der Waals surface area contributed by atoms with Gasteiger partial charge in [0, 0.05) is 69.8 Å². The van der Waals surface area contributed by atoms with E-state index in [2.05, 4.69) is 19.9 Å². The number of benzene rings is 4. The van der Waals surface area contributed by atoms with E-state index in [1.165, 1.54) is 27.0 Å². The lowest BCUT2D eigenvalue weighted by Crippen LogP contribution is -2.43. The van der Waals surface area contributed by atoms with Crippen molar-refractivity contribution in [2.75, 3.05) is 26.3 Å². The lowest BCUT2D eigenvalue weighted by atomic mass is 10.1. The zero-order valence-electron chi connectivity index (χ0n) is 70.8. The van der Waals surface area contributed by atoms with Crippen molar-refractivity contribution >= 4 is 92.6 Å². The summed E-state index contributed by atoms with van der Waals surface area (Å²) in [4.78, 5) is 55.5. The van der Waals surface area contributed by atoms with Crippen molar-refractivity contribution in [3.63, 3.8) is 0 Å². The number of aryl methyl sites for hydroxylation is 7. The number of alkyl halides is 4. The fraction of sp³-hybridized carbons (Fsp3) is 0.437. The van der Waals surface area contributed by atoms with Gasteiger partial charge in [0.25, 0.3) is 45.7 Å². The molecule has 20 atom stereocenters. The zero-order valence-corrected chi connectivity index (χ0v) is 72.5. The number of phosphoric acid groups is 4. The summed E-state index contributed by atoms with van der Waals surface area (Å²) in [6, 6.07) is 21.4. The average molecular weight is 1930 g/mol. The van der Waals surface area contributed by atoms with Crippen molar-refractivity contribution in [1.29, 1.82) is 0 Å². The minimum absolute atomic E-state index is 0. The Kier molecular flexibility index (Phi) is 26.0. The van der Waals surface area contributed by atoms with Crippen molar-refractivity contribution < 1.29 is 158 Å². The first-order valence-electron chi connectivity index (χ1n) is 39.0. The van der Waals surface area contributed by atoms with Crippen LogP contribution in [-0.2, 0) is 99.8 Å². The Balaban J connectivity index is 0.000000157. The van der Waals surface area contributed by atoms with E-state index in [0.29, 0.717) is 54.8 Å². The van der Waals surface area contributed by atoms with Gasteiger partial charge in [0.15, 0.2) is 43.9 Å². The van der Waals surface area contributed by atoms with Gasteiger partial charge in [0.05, 0.1) is 34.7 Å². The molecule has 4 aromatic heterocycles. The van der Waals surface area contributed by atoms with E-state index in [4.69, 9.17) is 130 Å². The molecule has 4 saturated heterocycles. The third-order valence-corrected chi connectivity index (χ3v) is 25.5. The molecule has 12 N–H and O–H groups in total. The number of hydrogen-bond donors (Lipinski definition) is 12. The predicted molar refractivity (Wildman–Crippen MR) is 430 cm³/mol. The highest BCUT2D eigenvalue weighted by atomic mass is 35.5. The van der Waals surface area contributed by atoms with E-state index in [1.54, 1.807) is 100 Å². The molecule has 16 rings (SSSR count). The largest absolute Gasteiger partial charge is 0.530 e. The number of aromatic nitrogens is 8. The van der Waals surface area contributed by atoms with E-state index in [0.717, 1.165) is 38.4 Å². The molecule has 8 aliphatic rings. The van der Waals surface area contributed by atoms with Crippen molar-refractivity contribution in [2.45, 2.75) is 172 Å². The SMILES string of the molecule is Cc1cccc2c1OP(=O)(OC[C@@]1(F)O[C@@H](n3cc(C)c(=O)[nH]c3=S)[C@H](O)[C@@H]1O)OC2.Cl.[2H]C([2H])(OP1(=O)OCc2cccc(C)c2O1)[C@@]1(F)O[C@@H](n2ccc(=O)[nH]c2=S)[C@H](O)[C@@H]1O.[2H]C([2H])(OP1(=O)OCc2cccc(C)c2O1)[C@@]1(F)O[C@@]([2H])(n2cc(C)c(=O)[nH]c2=S)[C@H](O)[C@@H]1O.[2H][C@@]1(n2cc(C)c(=O)[nH]c2=S)O[C@](F)(COP2(=O)OCc3cccc(C)c3O2)[C@@H](O)[C@H]1O. The number of para-hydroxylation sites is 4. The van der Waals surface area contributed by atoms with Gasteiger partial charge in [0.1, 0.15) is 98.2 Å². The second-order valence-electron chi connectivity index (χ2n) is 28.2. The number of aliphatic hydroxyl groups is 8. The van der Waals surface area contributed by atoms with Gasteiger partial charge >= 0.3 is 31.3 Å². The van der Waals surface area contributed by atoms with Gasteiger partial charge in [-0.25, -0.2) is 35.8 Å². The highest BCUT2D eigenvalue weighted by Gasteiger charge is 2.62. The quantitative estimate of drug-likeness (QED) is 0.0244. The maximum absolute atomic E-state index is 15.9. The average Bonchev–Trinajstić information content (AvgIpc) is 1.55. The van der Waals surface area contributed by atoms with E-state index in [-0.39, 0.29) is 87.1 Å². The number of fused-ring (bicyclic) bond motifs is 4. The molecule has 0 amide bonds. The van der Waals surface area contributed by atoms with Crippen LogP contribution in [-0.4, -0.2) is 178 Å². The number of nitrogens with one attached hydrogen (secondary N) is 4. The highest BCUT2D eigenvalue weighted by molar-refractivity contribution is 7.71. The Morgan fingerprint density at radius 1 is 0.411 bits per heavy atom. The maximum Gasteiger partial charge on any atom is 0.530 e. The van der Waals surface area contributed by atoms with E-state index < -0.39 is 182 Å². The van der Waals surface area contributed by atoms with Crippen LogP contribution >= 0.6 is 92.6 Å². The Morgan fingerprint density at radius 2 is 0.694 bits per heavy atom. The summed E-state index contributed by atoms with van der Waals surface area (Å²) in [5.74, 6) is -13.0. The minimum atomic E-state index is -4.80. The molecule has 0 saturated carbocycles. The number of aromatic amines is 4. The number of aliphatic hydroxyl groups excluding tert-OH is 8. The van der Waals surface area contributed by atoms with Crippen LogP contribution in [0.1, 0.15) is 94.3 Å². The summed E-state index contributed by atoms with van der Waals surface area (Å²) in [7, 11) is -18.0. The molecule has 0 radical (unpaired) electrons. The third kappa shape index (κ3) is 19.8. The molecule has 4 fully saturated rings. The summed E-state index contributed by atoms with van der Waals surface area (Å²) in [6.45, 7) is 0.556. The number of hydrogen-bond acceptors (Lipinski definition) is 36. The van der Waals surface area contributed by atoms with Crippen LogP contribution in [0.4, 0.5) is 17.6 Å². The number of H-pyrrole nitrogens is 4. The molecule has 0 bridgehead atoms. The van der Waals surface area contributed by atoms with Crippen molar-refractivity contribution in [2.24, 2.45) is 0 Å². The topological polar surface area (TPSA) is 529 Å². The molecule has 53 heteroatoms. The molecule has 4 unspecified atom stereocenters. The van der Waals surface area contributed by atoms with Crippen LogP contribution in [0.3, 0.4) is 0 Å². The molecule has 124 heavy (non-hydrogen) atoms. The van der Waals surface area contributed by atoms with E-state index >= 15 is 17.6 Å². The predicted octanol–water partition coefficient (Wildman–Crippen LogP) is 8.81. The van der Waals surface area contributed by atoms with Gasteiger partial charge in [-0.3, -0.25) is 93.6 Å². The van der Waals surface area contributed by atoms with Crippen LogP contribution in [0, 0.1) is 67.6 Å². The Labute approximate surface area is 731 Å². The van der Waals surface area contributed by atoms with Crippen LogP contribution in [0.25, 0.3) is 0 Å². The summed E-state index contributed by atoms with van der Waals surface area (Å²) in [6.07, 6.45) is -22.4. The van der Waals surface area contributed by atoms with Gasteiger partial charge in [-0.1, -0.05) is 72.8 Å². The Morgan fingerprint density at radius 3 is 1.06 bits per heavy atom. The molecule has 4 aromatic carbocycles. The molecule has 0 spiro atoms. The van der Waals surface area contributed by atoms with Crippen molar-refractivity contribution in [1.82, 2.24) is 38.2 Å². The Bertz CT molecular complexity index is 6500. The normalized spacial score (nSPS) is 34.5. The maximum atomic E-state index is 15.9. The minimum Gasteiger partial charge on any atom is -0.403 e. The standard InChI is InChI=1S/3C18H20FN2O8PS.C17H18FN2O8PS.ClH/c3*1-9-4-3-5-11-7-26-30(25,29-13(9)11)27-8-18(19)14(23)12(22)16(28-18)21-6-10(2)15(24)20-17(21)31;1-9-3-2-4-10-7-25-29(24,28-13(9)10)26-8-17(18)14(23)12(22)15(27-17)20-6-5-11(21)19-16(20)30;/h3*3-6,12,14,16,22-23H,7-8H2,1-2H3,(H,20,24,31);2-6,12,14-15,22-23H,7-8H2,1H3,(H,19,21,30);1H/t3*12-,14+,16-,18-,30?;12-,14+,15-,17-,29?;/m1111./s1/i8D2,16D;16D;;8D2;. The molecular weight excluding hydrogens is 1840 g/mol. The number of nitrogens with zero attached hydrogens (tertiary/aromatic N) is 4. The first-order chi connectivity index (χ1) is 59.9. The first-order valence-corrected chi connectivity index (χ1v) is 43.5. The molecule has 12 heterocycles. The van der Waals surface area contributed by atoms with Gasteiger partial charge in [0.2, 0.25) is 0 Å². The summed E-state index contributed by atoms with van der Waals surface area (Å²) < 4.78 is 247. The molecule has 0 aliphatic carbocycles. The lowest BCUT2D eigenvalue weighted by molar-refractivity contribution is -0.205. The fourth-order valence-corrected chi connectivity index (χ4v) is 18.5. The summed E-state index contributed by atoms with van der Waals surface area (Å²) >= 11 is 19.9. The second-order valence-corrected chi connectivity index (χ2v) is 36.0. The number of halogens is 5. The van der Waals surface area contributed by atoms with Crippen molar-refractivity contribution in [3.05, 3.63) is 225 Å². The lowest BCUT2D eigenvalue weighted by Gasteiger charge is -2.29.